The molecule has 0 atom stereocenters. The van der Waals surface area contributed by atoms with Gasteiger partial charge in [-0.2, -0.15) is 5.26 Å². The Morgan fingerprint density at radius 3 is 2.32 bits per heavy atom. The number of carbonyl (C=O) groups is 1. The molecule has 7 heteroatoms. The van der Waals surface area contributed by atoms with Crippen LogP contribution in [0.4, 0.5) is 5.69 Å². The van der Waals surface area contributed by atoms with Crippen LogP contribution in [0.2, 0.25) is 0 Å². The zero-order valence-electron chi connectivity index (χ0n) is 20.7. The van der Waals surface area contributed by atoms with E-state index in [0.29, 0.717) is 28.6 Å². The molecule has 0 aliphatic carbocycles. The van der Waals surface area contributed by atoms with E-state index in [2.05, 4.69) is 11.4 Å². The van der Waals surface area contributed by atoms with Gasteiger partial charge in [0.05, 0.1) is 25.0 Å². The first-order valence-electron chi connectivity index (χ1n) is 11.9. The minimum absolute atomic E-state index is 0.107. The van der Waals surface area contributed by atoms with Crippen molar-refractivity contribution in [2.45, 2.75) is 18.4 Å². The van der Waals surface area contributed by atoms with Crippen LogP contribution in [0.25, 0.3) is 22.4 Å². The predicted octanol–water partition coefficient (Wildman–Crippen LogP) is 6.82. The average molecular weight is 510 g/mol. The highest BCUT2D eigenvalue weighted by Gasteiger charge is 2.16. The van der Waals surface area contributed by atoms with Gasteiger partial charge in [0.2, 0.25) is 5.91 Å². The minimum Gasteiger partial charge on any atom is -0.497 e. The molecule has 0 bridgehead atoms. The lowest BCUT2D eigenvalue weighted by atomic mass is 9.99. The number of carbonyl (C=O) groups excluding carboxylic acids is 1. The monoisotopic (exact) mass is 509 g/mol. The zero-order valence-corrected chi connectivity index (χ0v) is 21.5. The number of hydrogen-bond donors (Lipinski definition) is 1. The Morgan fingerprint density at radius 1 is 0.973 bits per heavy atom. The van der Waals surface area contributed by atoms with Crippen LogP contribution in [0.1, 0.15) is 18.9 Å². The molecule has 0 radical (unpaired) electrons. The molecule has 0 aliphatic heterocycles. The second kappa shape index (κ2) is 12.6. The number of nitrogens with zero attached hydrogens (tertiary/aromatic N) is 2. The Labute approximate surface area is 221 Å². The number of nitrogens with one attached hydrogen (secondary N) is 1. The summed E-state index contributed by atoms with van der Waals surface area (Å²) in [6, 6.07) is 29.0. The van der Waals surface area contributed by atoms with Gasteiger partial charge in [0, 0.05) is 29.0 Å². The highest BCUT2D eigenvalue weighted by atomic mass is 32.2. The summed E-state index contributed by atoms with van der Waals surface area (Å²) >= 11 is 1.41. The van der Waals surface area contributed by atoms with E-state index in [-0.39, 0.29) is 12.3 Å². The van der Waals surface area contributed by atoms with Gasteiger partial charge in [-0.15, -0.1) is 11.8 Å². The first-order valence-corrected chi connectivity index (χ1v) is 12.9. The summed E-state index contributed by atoms with van der Waals surface area (Å²) in [6.45, 7) is 2.52. The molecule has 1 N–H and O–H groups in total. The highest BCUT2D eigenvalue weighted by Crippen LogP contribution is 2.35. The van der Waals surface area contributed by atoms with E-state index >= 15 is 0 Å². The van der Waals surface area contributed by atoms with Crippen LogP contribution in [-0.2, 0) is 4.79 Å². The number of pyridine rings is 1. The van der Waals surface area contributed by atoms with Crippen molar-refractivity contribution >= 4 is 23.4 Å². The normalized spacial score (nSPS) is 10.4. The Hall–Kier alpha value is -4.28. The van der Waals surface area contributed by atoms with Gasteiger partial charge < -0.3 is 14.8 Å². The zero-order chi connectivity index (χ0) is 26.0. The van der Waals surface area contributed by atoms with Crippen LogP contribution in [-0.4, -0.2) is 30.4 Å². The third-order valence-corrected chi connectivity index (χ3v) is 6.56. The molecule has 0 aliphatic rings. The maximum absolute atomic E-state index is 12.6. The SMILES string of the molecule is CCOc1ccc(NC(=O)CCSc2nc(-c3ccccc3)cc(-c3ccc(OC)cc3)c2C#N)cc1. The maximum atomic E-state index is 12.6. The van der Waals surface area contributed by atoms with Crippen molar-refractivity contribution < 1.29 is 14.3 Å². The summed E-state index contributed by atoms with van der Waals surface area (Å²) in [5, 5.41) is 13.6. The maximum Gasteiger partial charge on any atom is 0.225 e. The number of aromatic nitrogens is 1. The summed E-state index contributed by atoms with van der Waals surface area (Å²) in [6.07, 6.45) is 0.276. The van der Waals surface area contributed by atoms with Crippen LogP contribution >= 0.6 is 11.8 Å². The van der Waals surface area contributed by atoms with Crippen LogP contribution in [0.3, 0.4) is 0 Å². The fraction of sp³-hybridized carbons (Fsp3) is 0.167. The summed E-state index contributed by atoms with van der Waals surface area (Å²) < 4.78 is 10.7. The quantitative estimate of drug-likeness (QED) is 0.236. The number of methoxy groups -OCH3 is 1. The standard InChI is InChI=1S/C30H27N3O3S/c1-3-36-25-15-11-23(12-16-25)32-29(34)17-18-37-30-27(20-31)26(21-9-13-24(35-2)14-10-21)19-28(33-30)22-7-5-4-6-8-22/h4-16,19H,3,17-18H2,1-2H3,(H,32,34). The molecular formula is C30H27N3O3S. The predicted molar refractivity (Wildman–Crippen MR) is 148 cm³/mol. The molecule has 0 saturated carbocycles. The van der Waals surface area contributed by atoms with Crippen molar-refractivity contribution in [1.82, 2.24) is 4.98 Å². The highest BCUT2D eigenvalue weighted by molar-refractivity contribution is 7.99. The van der Waals surface area contributed by atoms with Gasteiger partial charge in [0.1, 0.15) is 22.6 Å². The number of thioether (sulfide) groups is 1. The molecule has 0 fully saturated rings. The topological polar surface area (TPSA) is 84.2 Å². The molecule has 1 amide bonds. The first-order chi connectivity index (χ1) is 18.1. The van der Waals surface area contributed by atoms with Crippen molar-refractivity contribution in [2.75, 3.05) is 24.8 Å². The molecule has 3 aromatic carbocycles. The molecule has 4 rings (SSSR count). The number of ether oxygens (including phenoxy) is 2. The lowest BCUT2D eigenvalue weighted by Gasteiger charge is -2.13. The average Bonchev–Trinajstić information content (AvgIpc) is 2.94. The molecular weight excluding hydrogens is 482 g/mol. The van der Waals surface area contributed by atoms with E-state index in [0.717, 1.165) is 33.9 Å². The van der Waals surface area contributed by atoms with Gasteiger partial charge in [-0.1, -0.05) is 42.5 Å². The third kappa shape index (κ3) is 6.69. The molecule has 37 heavy (non-hydrogen) atoms. The van der Waals surface area contributed by atoms with E-state index in [1.54, 1.807) is 7.11 Å². The van der Waals surface area contributed by atoms with Gasteiger partial charge in [-0.3, -0.25) is 4.79 Å². The van der Waals surface area contributed by atoms with Crippen molar-refractivity contribution in [3.05, 3.63) is 90.5 Å². The van der Waals surface area contributed by atoms with E-state index in [1.165, 1.54) is 11.8 Å². The summed E-state index contributed by atoms with van der Waals surface area (Å²) in [5.41, 5.74) is 4.61. The summed E-state index contributed by atoms with van der Waals surface area (Å²) in [7, 11) is 1.62. The number of hydrogen-bond acceptors (Lipinski definition) is 6. The van der Waals surface area contributed by atoms with E-state index in [4.69, 9.17) is 14.5 Å². The molecule has 186 valence electrons. The molecule has 0 unspecified atom stereocenters. The van der Waals surface area contributed by atoms with Gasteiger partial charge in [-0.25, -0.2) is 4.98 Å². The Balaban J connectivity index is 1.54. The number of amides is 1. The van der Waals surface area contributed by atoms with Crippen LogP contribution < -0.4 is 14.8 Å². The second-order valence-electron chi connectivity index (χ2n) is 8.05. The second-order valence-corrected chi connectivity index (χ2v) is 9.13. The van der Waals surface area contributed by atoms with Gasteiger partial charge in [-0.05, 0) is 55.0 Å². The minimum atomic E-state index is -0.107. The lowest BCUT2D eigenvalue weighted by Crippen LogP contribution is -2.12. The van der Waals surface area contributed by atoms with E-state index in [9.17, 15) is 10.1 Å². The Morgan fingerprint density at radius 2 is 1.68 bits per heavy atom. The molecule has 0 spiro atoms. The fourth-order valence-corrected chi connectivity index (χ4v) is 4.70. The molecule has 6 nitrogen and oxygen atoms in total. The van der Waals surface area contributed by atoms with E-state index < -0.39 is 0 Å². The van der Waals surface area contributed by atoms with Crippen LogP contribution in [0.5, 0.6) is 11.5 Å². The van der Waals surface area contributed by atoms with E-state index in [1.807, 2.05) is 91.9 Å². The molecule has 1 aromatic heterocycles. The lowest BCUT2D eigenvalue weighted by molar-refractivity contribution is -0.115. The number of rotatable bonds is 10. The smallest absolute Gasteiger partial charge is 0.225 e. The number of nitriles is 1. The van der Waals surface area contributed by atoms with Crippen molar-refractivity contribution in [3.63, 3.8) is 0 Å². The third-order valence-electron chi connectivity index (χ3n) is 5.59. The summed E-state index contributed by atoms with van der Waals surface area (Å²) in [5.74, 6) is 1.87. The van der Waals surface area contributed by atoms with Crippen molar-refractivity contribution in [1.29, 1.82) is 5.26 Å². The number of anilines is 1. The molecule has 1 heterocycles. The Bertz CT molecular complexity index is 1380. The van der Waals surface area contributed by atoms with Gasteiger partial charge in [0.15, 0.2) is 0 Å². The first kappa shape index (κ1) is 25.8. The molecule has 4 aromatic rings. The van der Waals surface area contributed by atoms with Crippen LogP contribution in [0, 0.1) is 11.3 Å². The molecule has 0 saturated heterocycles. The van der Waals surface area contributed by atoms with Gasteiger partial charge in [0.25, 0.3) is 0 Å². The van der Waals surface area contributed by atoms with Crippen LogP contribution in [0.15, 0.2) is 90.0 Å². The Kier molecular flexibility index (Phi) is 8.79. The van der Waals surface area contributed by atoms with Crippen molar-refractivity contribution in [2.24, 2.45) is 0 Å². The summed E-state index contributed by atoms with van der Waals surface area (Å²) in [4.78, 5) is 17.4. The number of benzene rings is 3. The van der Waals surface area contributed by atoms with Crippen molar-refractivity contribution in [3.8, 4) is 40.0 Å². The fourth-order valence-electron chi connectivity index (χ4n) is 3.75. The largest absolute Gasteiger partial charge is 0.497 e. The van der Waals surface area contributed by atoms with Gasteiger partial charge >= 0.3 is 0 Å².